The molecule has 0 amide bonds. The minimum absolute atomic E-state index is 0.00198. The van der Waals surface area contributed by atoms with Crippen LogP contribution in [-0.4, -0.2) is 53.7 Å². The van der Waals surface area contributed by atoms with Crippen molar-refractivity contribution >= 4 is 65.9 Å². The Morgan fingerprint density at radius 3 is 1.15 bits per heavy atom. The molecule has 0 spiro atoms. The van der Waals surface area contributed by atoms with E-state index < -0.39 is 89.8 Å². The van der Waals surface area contributed by atoms with Gasteiger partial charge < -0.3 is 56.8 Å². The zero-order chi connectivity index (χ0) is 67.5. The van der Waals surface area contributed by atoms with Crippen LogP contribution in [0.5, 0.6) is 69.0 Å². The first-order valence-electron chi connectivity index (χ1n) is 29.8. The molecule has 21 heteroatoms. The summed E-state index contributed by atoms with van der Waals surface area (Å²) in [6.07, 6.45) is 0.745. The molecule has 21 nitrogen and oxygen atoms in total. The zero-order valence-corrected chi connectivity index (χ0v) is 52.6. The summed E-state index contributed by atoms with van der Waals surface area (Å²) in [6.45, 7) is 11.3. The van der Waals surface area contributed by atoms with Crippen LogP contribution in [0.3, 0.4) is 0 Å². The Bertz CT molecular complexity index is 4420. The average Bonchev–Trinajstić information content (AvgIpc) is 1.57. The minimum Gasteiger partial charge on any atom is -0.485 e. The fourth-order valence-corrected chi connectivity index (χ4v) is 12.2. The van der Waals surface area contributed by atoms with Gasteiger partial charge in [0.2, 0.25) is 0 Å². The molecule has 0 unspecified atom stereocenters. The molecule has 2 aliphatic heterocycles. The third kappa shape index (κ3) is 14.7. The van der Waals surface area contributed by atoms with Crippen molar-refractivity contribution in [3.63, 3.8) is 0 Å². The first-order valence-corrected chi connectivity index (χ1v) is 29.8. The fourth-order valence-electron chi connectivity index (χ4n) is 12.2. The first kappa shape index (κ1) is 64.7. The van der Waals surface area contributed by atoms with Gasteiger partial charge in [-0.1, -0.05) is 60.7 Å². The van der Waals surface area contributed by atoms with Crippen molar-refractivity contribution in [2.24, 2.45) is 0 Å². The lowest BCUT2D eigenvalue weighted by atomic mass is 9.80. The lowest BCUT2D eigenvalue weighted by Crippen LogP contribution is -2.21. The molecule has 11 rings (SSSR count). The van der Waals surface area contributed by atoms with E-state index >= 15 is 0 Å². The van der Waals surface area contributed by atoms with Gasteiger partial charge >= 0.3 is 53.7 Å². The zero-order valence-electron chi connectivity index (χ0n) is 52.6. The molecule has 0 aromatic heterocycles. The summed E-state index contributed by atoms with van der Waals surface area (Å²) in [5.74, 6) is -5.86. The Morgan fingerprint density at radius 1 is 0.305 bits per heavy atom. The maximum atomic E-state index is 13.4. The molecule has 6 atom stereocenters. The largest absolute Gasteiger partial charge is 0.485 e. The van der Waals surface area contributed by atoms with Crippen molar-refractivity contribution in [2.45, 2.75) is 98.4 Å². The topological polar surface area (TPSA) is 264 Å². The van der Waals surface area contributed by atoms with Gasteiger partial charge in [0.15, 0.2) is 0 Å². The summed E-state index contributed by atoms with van der Waals surface area (Å²) in [6, 6.07) is 41.5. The number of benzene rings is 8. The third-order valence-electron chi connectivity index (χ3n) is 15.3. The highest BCUT2D eigenvalue weighted by molar-refractivity contribution is 5.80. The van der Waals surface area contributed by atoms with Crippen molar-refractivity contribution in [2.75, 3.05) is 0 Å². The molecule has 0 saturated carbocycles. The van der Waals surface area contributed by atoms with Gasteiger partial charge in [0.05, 0.1) is 17.8 Å². The summed E-state index contributed by atoms with van der Waals surface area (Å²) >= 11 is 0. The quantitative estimate of drug-likeness (QED) is 0.0466. The van der Waals surface area contributed by atoms with Crippen molar-refractivity contribution in [1.82, 2.24) is 0 Å². The van der Waals surface area contributed by atoms with E-state index in [0.29, 0.717) is 72.7 Å². The highest BCUT2D eigenvalue weighted by Gasteiger charge is 2.49. The SMILES string of the molecule is CC(=O)Oc1ccc([C@@H]2c3c(OC(C)=O)cc(OC(C)=O)cc3[C@@H]3c4c(cc(OC(C)=O)cc4[C@H]2Oc2ccc(/C=C\c4cc(OC(C)=O)cc5c4[C@@H](c4cc(OC(C)=O)cc(OC(C)=O)c4)[C@H](c4ccc(OC(C)=O)cc4)O5)cc2)O[C@H]3c2ccc(OC(C)=O)cc2)cc1. The Morgan fingerprint density at radius 2 is 0.684 bits per heavy atom. The van der Waals surface area contributed by atoms with Gasteiger partial charge in [-0.2, -0.15) is 0 Å². The number of carbonyl (C=O) groups excluding carboxylic acids is 9. The van der Waals surface area contributed by atoms with Crippen molar-refractivity contribution in [1.29, 1.82) is 0 Å². The Balaban J connectivity index is 1.06. The molecule has 95 heavy (non-hydrogen) atoms. The summed E-state index contributed by atoms with van der Waals surface area (Å²) in [5.41, 5.74) is 5.97. The lowest BCUT2D eigenvalue weighted by Gasteiger charge is -2.31. The van der Waals surface area contributed by atoms with Gasteiger partial charge in [0.25, 0.3) is 0 Å². The van der Waals surface area contributed by atoms with Crippen LogP contribution in [0.1, 0.15) is 160 Å². The van der Waals surface area contributed by atoms with Crippen LogP contribution in [-0.2, 0) is 43.2 Å². The lowest BCUT2D eigenvalue weighted by molar-refractivity contribution is -0.133. The maximum absolute atomic E-state index is 13.4. The molecule has 2 heterocycles. The van der Waals surface area contributed by atoms with Crippen LogP contribution < -0.4 is 56.8 Å². The second kappa shape index (κ2) is 27.1. The molecule has 0 saturated heterocycles. The summed E-state index contributed by atoms with van der Waals surface area (Å²) in [7, 11) is 0. The number of carbonyl (C=O) groups is 9. The van der Waals surface area contributed by atoms with Gasteiger partial charge in [-0.05, 0) is 118 Å². The standard InChI is InChI=1S/C74H60O21/c1-37(75)84-52-22-14-47(15-23-52)67-69-61(32-59(90-43(7)81)35-64(69)92-45(9)83)71-70-62(33-60(91-44(8)82)36-65(70)95-73(71)49-18-26-54(27-19-49)86-39(3)77)74(67)93-55-20-11-46(12-21-55)10-13-50-28-58(89-42(6)80)34-63-66(50)68(72(94-63)48-16-24-53(25-17-48)85-38(2)76)51-29-56(87-40(4)78)31-57(30-51)88-41(5)79/h10-36,67-68,71-74H,1-9H3/b13-10-/t67-,68-,71-,72+,73+,74-/m1/s1. The van der Waals surface area contributed by atoms with Crippen LogP contribution in [0.2, 0.25) is 0 Å². The van der Waals surface area contributed by atoms with Crippen molar-refractivity contribution < 1.29 is 100.0 Å². The number of rotatable bonds is 17. The number of esters is 9. The minimum atomic E-state index is -1.14. The molecule has 482 valence electrons. The van der Waals surface area contributed by atoms with Crippen LogP contribution in [0.15, 0.2) is 152 Å². The van der Waals surface area contributed by atoms with Crippen LogP contribution in [0.4, 0.5) is 0 Å². The second-order valence-electron chi connectivity index (χ2n) is 22.5. The summed E-state index contributed by atoms with van der Waals surface area (Å²) < 4.78 is 71.9. The molecule has 8 aromatic rings. The molecule has 0 radical (unpaired) electrons. The number of hydrogen-bond donors (Lipinski definition) is 0. The molecule has 0 fully saturated rings. The number of fused-ring (bicyclic) bond motifs is 3. The van der Waals surface area contributed by atoms with Crippen LogP contribution in [0, 0.1) is 0 Å². The van der Waals surface area contributed by atoms with Gasteiger partial charge in [-0.25, -0.2) is 0 Å². The summed E-state index contributed by atoms with van der Waals surface area (Å²) in [4.78, 5) is 113. The number of hydrogen-bond acceptors (Lipinski definition) is 21. The molecular formula is C74H60O21. The molecule has 3 aliphatic rings. The Hall–Kier alpha value is -11.9. The smallest absolute Gasteiger partial charge is 0.308 e. The van der Waals surface area contributed by atoms with E-state index in [4.69, 9.17) is 56.8 Å². The van der Waals surface area contributed by atoms with E-state index in [-0.39, 0.29) is 57.5 Å². The number of ether oxygens (including phenoxy) is 12. The Labute approximate surface area is 543 Å². The second-order valence-corrected chi connectivity index (χ2v) is 22.5. The van der Waals surface area contributed by atoms with Crippen LogP contribution in [0.25, 0.3) is 12.2 Å². The van der Waals surface area contributed by atoms with Gasteiger partial charge in [0, 0.05) is 109 Å². The van der Waals surface area contributed by atoms with Gasteiger partial charge in [-0.3, -0.25) is 43.2 Å². The van der Waals surface area contributed by atoms with Crippen molar-refractivity contribution in [3.05, 3.63) is 213 Å². The summed E-state index contributed by atoms with van der Waals surface area (Å²) in [5, 5.41) is 0. The highest BCUT2D eigenvalue weighted by Crippen LogP contribution is 2.62. The van der Waals surface area contributed by atoms with E-state index in [1.807, 2.05) is 6.08 Å². The van der Waals surface area contributed by atoms with E-state index in [9.17, 15) is 43.2 Å². The van der Waals surface area contributed by atoms with Gasteiger partial charge in [-0.15, -0.1) is 0 Å². The highest BCUT2D eigenvalue weighted by atomic mass is 16.6. The van der Waals surface area contributed by atoms with E-state index in [0.717, 1.165) is 0 Å². The predicted octanol–water partition coefficient (Wildman–Crippen LogP) is 13.0. The monoisotopic (exact) mass is 1280 g/mol. The first-order chi connectivity index (χ1) is 45.4. The third-order valence-corrected chi connectivity index (χ3v) is 15.3. The predicted molar refractivity (Wildman–Crippen MR) is 338 cm³/mol. The maximum Gasteiger partial charge on any atom is 0.308 e. The normalized spacial score (nSPS) is 17.0. The molecule has 1 aliphatic carbocycles. The molecule has 0 bridgehead atoms. The van der Waals surface area contributed by atoms with Gasteiger partial charge in [0.1, 0.15) is 87.3 Å². The van der Waals surface area contributed by atoms with Crippen molar-refractivity contribution in [3.8, 4) is 69.0 Å². The van der Waals surface area contributed by atoms with E-state index in [1.54, 1.807) is 146 Å². The van der Waals surface area contributed by atoms with Crippen LogP contribution >= 0.6 is 0 Å². The Kier molecular flexibility index (Phi) is 18.5. The van der Waals surface area contributed by atoms with E-state index in [2.05, 4.69) is 0 Å². The molecule has 0 N–H and O–H groups in total. The van der Waals surface area contributed by atoms with E-state index in [1.165, 1.54) is 74.4 Å². The fraction of sp³-hybridized carbons (Fsp3) is 0.203. The molecule has 8 aromatic carbocycles. The molecular weight excluding hydrogens is 1220 g/mol. The average molecular weight is 1290 g/mol.